The average Bonchev–Trinajstić information content (AvgIpc) is 2.29. The molecule has 2 atom stereocenters. The quantitative estimate of drug-likeness (QED) is 0.839. The Morgan fingerprint density at radius 2 is 2.00 bits per heavy atom. The lowest BCUT2D eigenvalue weighted by molar-refractivity contribution is 0.393. The van der Waals surface area contributed by atoms with Crippen molar-refractivity contribution in [2.75, 3.05) is 0 Å². The maximum Gasteiger partial charge on any atom is 0.00446 e. The highest BCUT2D eigenvalue weighted by molar-refractivity contribution is 5.85. The Hall–Kier alpha value is -0.530. The van der Waals surface area contributed by atoms with Crippen LogP contribution in [-0.2, 0) is 0 Å². The molecule has 2 N–H and O–H groups in total. The minimum atomic E-state index is 0. The smallest absolute Gasteiger partial charge is 0.00446 e. The highest BCUT2D eigenvalue weighted by Gasteiger charge is 2.20. The minimum absolute atomic E-state index is 0. The van der Waals surface area contributed by atoms with Crippen LogP contribution in [0.5, 0.6) is 0 Å². The van der Waals surface area contributed by atoms with E-state index in [0.717, 1.165) is 0 Å². The van der Waals surface area contributed by atoms with E-state index in [-0.39, 0.29) is 12.4 Å². The molecule has 0 amide bonds. The summed E-state index contributed by atoms with van der Waals surface area (Å²) in [6, 6.07) is 9.50. The topological polar surface area (TPSA) is 26.0 Å². The molecule has 1 aromatic rings. The largest absolute Gasteiger partial charge is 0.328 e. The van der Waals surface area contributed by atoms with E-state index in [4.69, 9.17) is 5.73 Å². The van der Waals surface area contributed by atoms with E-state index in [1.54, 1.807) is 0 Å². The van der Waals surface area contributed by atoms with Gasteiger partial charge in [0.2, 0.25) is 0 Å². The van der Waals surface area contributed by atoms with Gasteiger partial charge in [-0.15, -0.1) is 12.4 Å². The maximum atomic E-state index is 6.06. The number of hydrogen-bond donors (Lipinski definition) is 1. The van der Waals surface area contributed by atoms with Crippen LogP contribution in [0, 0.1) is 0 Å². The highest BCUT2D eigenvalue weighted by atomic mass is 35.5. The second-order valence-electron chi connectivity index (χ2n) is 5.45. The van der Waals surface area contributed by atoms with E-state index >= 15 is 0 Å². The van der Waals surface area contributed by atoms with Crippen LogP contribution in [0.1, 0.15) is 62.5 Å². The summed E-state index contributed by atoms with van der Waals surface area (Å²) in [6.45, 7) is 4.51. The van der Waals surface area contributed by atoms with Crippen LogP contribution in [0.15, 0.2) is 24.3 Å². The summed E-state index contributed by atoms with van der Waals surface area (Å²) in [7, 11) is 0. The van der Waals surface area contributed by atoms with Crippen molar-refractivity contribution in [1.82, 2.24) is 0 Å². The lowest BCUT2D eigenvalue weighted by Gasteiger charge is -2.27. The monoisotopic (exact) mass is 253 g/mol. The molecule has 1 aromatic carbocycles. The first-order chi connectivity index (χ1) is 7.66. The normalized spacial score (nSPS) is 24.5. The molecule has 1 nitrogen and oxygen atoms in total. The molecule has 1 fully saturated rings. The van der Waals surface area contributed by atoms with Gasteiger partial charge < -0.3 is 5.73 Å². The Morgan fingerprint density at radius 3 is 2.65 bits per heavy atom. The Kier molecular flexibility index (Phi) is 5.48. The van der Waals surface area contributed by atoms with Crippen molar-refractivity contribution in [3.63, 3.8) is 0 Å². The van der Waals surface area contributed by atoms with E-state index in [2.05, 4.69) is 38.1 Å². The molecule has 0 aromatic heterocycles. The minimum Gasteiger partial charge on any atom is -0.328 e. The number of benzene rings is 1. The highest BCUT2D eigenvalue weighted by Crippen LogP contribution is 2.33. The molecule has 0 heterocycles. The van der Waals surface area contributed by atoms with Gasteiger partial charge in [-0.25, -0.2) is 0 Å². The summed E-state index contributed by atoms with van der Waals surface area (Å²) in [4.78, 5) is 0. The molecule has 17 heavy (non-hydrogen) atoms. The van der Waals surface area contributed by atoms with Gasteiger partial charge in [0.1, 0.15) is 0 Å². The summed E-state index contributed by atoms with van der Waals surface area (Å²) >= 11 is 0. The van der Waals surface area contributed by atoms with Gasteiger partial charge in [0.15, 0.2) is 0 Å². The fourth-order valence-corrected chi connectivity index (χ4v) is 2.70. The predicted molar refractivity (Wildman–Crippen MR) is 77.0 cm³/mol. The van der Waals surface area contributed by atoms with Crippen molar-refractivity contribution in [3.8, 4) is 0 Å². The fraction of sp³-hybridized carbons (Fsp3) is 0.600. The fourth-order valence-electron chi connectivity index (χ4n) is 2.70. The van der Waals surface area contributed by atoms with Crippen molar-refractivity contribution in [1.29, 1.82) is 0 Å². The summed E-state index contributed by atoms with van der Waals surface area (Å²) in [5.74, 6) is 1.32. The standard InChI is InChI=1S/C15H23N.ClH/c1-11(2)12-5-3-6-13(9-12)14-7-4-8-15(16)10-14;/h3,5-6,9,11,14-15H,4,7-8,10,16H2,1-2H3;1H. The Bertz CT molecular complexity index is 349. The molecule has 1 aliphatic rings. The van der Waals surface area contributed by atoms with Crippen LogP contribution in [0.2, 0.25) is 0 Å². The molecule has 2 rings (SSSR count). The molecule has 0 spiro atoms. The third-order valence-corrected chi connectivity index (χ3v) is 3.76. The lowest BCUT2D eigenvalue weighted by Crippen LogP contribution is -2.26. The molecular formula is C15H24ClN. The number of halogens is 1. The molecule has 0 saturated heterocycles. The van der Waals surface area contributed by atoms with Gasteiger partial charge in [0, 0.05) is 6.04 Å². The van der Waals surface area contributed by atoms with Gasteiger partial charge in [0.05, 0.1) is 0 Å². The van der Waals surface area contributed by atoms with Gasteiger partial charge >= 0.3 is 0 Å². The van der Waals surface area contributed by atoms with E-state index in [9.17, 15) is 0 Å². The molecule has 2 unspecified atom stereocenters. The summed E-state index contributed by atoms with van der Waals surface area (Å²) < 4.78 is 0. The zero-order chi connectivity index (χ0) is 11.5. The third-order valence-electron chi connectivity index (χ3n) is 3.76. The van der Waals surface area contributed by atoms with Crippen molar-refractivity contribution in [3.05, 3.63) is 35.4 Å². The van der Waals surface area contributed by atoms with Crippen molar-refractivity contribution < 1.29 is 0 Å². The second-order valence-corrected chi connectivity index (χ2v) is 5.45. The van der Waals surface area contributed by atoms with Crippen LogP contribution in [0.3, 0.4) is 0 Å². The molecule has 1 aliphatic carbocycles. The van der Waals surface area contributed by atoms with Crippen molar-refractivity contribution >= 4 is 12.4 Å². The van der Waals surface area contributed by atoms with E-state index < -0.39 is 0 Å². The van der Waals surface area contributed by atoms with E-state index in [1.807, 2.05) is 0 Å². The summed E-state index contributed by atoms with van der Waals surface area (Å²) in [6.07, 6.45) is 4.98. The van der Waals surface area contributed by atoms with Crippen LogP contribution < -0.4 is 5.73 Å². The lowest BCUT2D eigenvalue weighted by atomic mass is 9.81. The Morgan fingerprint density at radius 1 is 1.24 bits per heavy atom. The van der Waals surface area contributed by atoms with Crippen LogP contribution in [0.25, 0.3) is 0 Å². The molecule has 96 valence electrons. The molecule has 1 saturated carbocycles. The van der Waals surface area contributed by atoms with Crippen molar-refractivity contribution in [2.45, 2.75) is 57.4 Å². The summed E-state index contributed by atoms with van der Waals surface area (Å²) in [5.41, 5.74) is 9.02. The van der Waals surface area contributed by atoms with Gasteiger partial charge in [0.25, 0.3) is 0 Å². The first kappa shape index (κ1) is 14.5. The summed E-state index contributed by atoms with van der Waals surface area (Å²) in [5, 5.41) is 0. The third kappa shape index (κ3) is 3.72. The number of rotatable bonds is 2. The molecule has 2 heteroatoms. The number of nitrogens with two attached hydrogens (primary N) is 1. The SMILES string of the molecule is CC(C)c1cccc(C2CCCC(N)C2)c1.Cl. The zero-order valence-electron chi connectivity index (χ0n) is 10.9. The maximum absolute atomic E-state index is 6.06. The zero-order valence-corrected chi connectivity index (χ0v) is 11.7. The predicted octanol–water partition coefficient (Wildman–Crippen LogP) is 4.22. The molecular weight excluding hydrogens is 230 g/mol. The van der Waals surface area contributed by atoms with Gasteiger partial charge in [-0.2, -0.15) is 0 Å². The van der Waals surface area contributed by atoms with Gasteiger partial charge in [-0.05, 0) is 42.2 Å². The second kappa shape index (κ2) is 6.42. The molecule has 0 radical (unpaired) electrons. The van der Waals surface area contributed by atoms with Crippen LogP contribution in [0.4, 0.5) is 0 Å². The Balaban J connectivity index is 0.00000144. The van der Waals surface area contributed by atoms with Gasteiger partial charge in [-0.1, -0.05) is 44.5 Å². The van der Waals surface area contributed by atoms with E-state index in [1.165, 1.54) is 36.8 Å². The molecule has 0 aliphatic heterocycles. The molecule has 0 bridgehead atoms. The first-order valence-electron chi connectivity index (χ1n) is 6.52. The van der Waals surface area contributed by atoms with E-state index in [0.29, 0.717) is 17.9 Å². The number of hydrogen-bond acceptors (Lipinski definition) is 1. The first-order valence-corrected chi connectivity index (χ1v) is 6.52. The Labute approximate surface area is 111 Å². The van der Waals surface area contributed by atoms with Crippen molar-refractivity contribution in [2.24, 2.45) is 5.73 Å². The average molecular weight is 254 g/mol. The van der Waals surface area contributed by atoms with Crippen LogP contribution >= 0.6 is 12.4 Å². The van der Waals surface area contributed by atoms with Gasteiger partial charge in [-0.3, -0.25) is 0 Å². The van der Waals surface area contributed by atoms with Crippen LogP contribution in [-0.4, -0.2) is 6.04 Å².